The van der Waals surface area contributed by atoms with E-state index in [1.165, 1.54) is 0 Å². The van der Waals surface area contributed by atoms with Gasteiger partial charge in [0.1, 0.15) is 0 Å². The van der Waals surface area contributed by atoms with Gasteiger partial charge in [0.2, 0.25) is 5.24 Å². The van der Waals surface area contributed by atoms with Gasteiger partial charge in [-0.15, -0.1) is 0 Å². The van der Waals surface area contributed by atoms with E-state index in [9.17, 15) is 4.79 Å². The van der Waals surface area contributed by atoms with Gasteiger partial charge < -0.3 is 0 Å². The Hall–Kier alpha value is -0.550. The van der Waals surface area contributed by atoms with Gasteiger partial charge in [0.25, 0.3) is 0 Å². The van der Waals surface area contributed by atoms with Crippen LogP contribution in [0.25, 0.3) is 0 Å². The summed E-state index contributed by atoms with van der Waals surface area (Å²) in [5, 5.41) is 7.80. The third-order valence-electron chi connectivity index (χ3n) is 1.25. The number of halogens is 1. The molecule has 1 fully saturated rings. The second-order valence-corrected chi connectivity index (χ2v) is 2.25. The van der Waals surface area contributed by atoms with Gasteiger partial charge in [-0.1, -0.05) is 0 Å². The summed E-state index contributed by atoms with van der Waals surface area (Å²) in [6, 6.07) is 1.97. The Balaban J connectivity index is 2.40. The molecule has 0 aliphatic heterocycles. The van der Waals surface area contributed by atoms with Crippen LogP contribution in [-0.2, 0) is 4.79 Å². The van der Waals surface area contributed by atoms with E-state index >= 15 is 0 Å². The fraction of sp³-hybridized carbons (Fsp3) is 0.600. The molecule has 0 bridgehead atoms. The molecule has 8 heavy (non-hydrogen) atoms. The van der Waals surface area contributed by atoms with Crippen LogP contribution in [0, 0.1) is 23.2 Å². The predicted molar refractivity (Wildman–Crippen MR) is 28.1 cm³/mol. The quantitative estimate of drug-likeness (QED) is 0.494. The largest absolute Gasteiger partial charge is 0.281 e. The summed E-state index contributed by atoms with van der Waals surface area (Å²) >= 11 is 5.06. The minimum atomic E-state index is -0.364. The Morgan fingerprint density at radius 1 is 1.88 bits per heavy atom. The first kappa shape index (κ1) is 5.58. The van der Waals surface area contributed by atoms with Crippen LogP contribution in [-0.4, -0.2) is 5.24 Å². The molecule has 0 heterocycles. The zero-order valence-corrected chi connectivity index (χ0v) is 4.85. The maximum atomic E-state index is 10.2. The molecule has 1 aliphatic rings. The predicted octanol–water partition coefficient (Wildman–Crippen LogP) is 0.911. The van der Waals surface area contributed by atoms with Gasteiger partial charge in [0.05, 0.1) is 17.9 Å². The van der Waals surface area contributed by atoms with Crippen LogP contribution in [0.1, 0.15) is 6.42 Å². The van der Waals surface area contributed by atoms with Crippen LogP contribution < -0.4 is 0 Å². The van der Waals surface area contributed by atoms with Gasteiger partial charge in [0, 0.05) is 0 Å². The van der Waals surface area contributed by atoms with E-state index in [0.717, 1.165) is 0 Å². The molecular weight excluding hydrogens is 126 g/mol. The Bertz CT molecular complexity index is 160. The van der Waals surface area contributed by atoms with Gasteiger partial charge in [-0.05, 0) is 18.0 Å². The molecule has 0 amide bonds. The molecule has 0 radical (unpaired) electrons. The summed E-state index contributed by atoms with van der Waals surface area (Å²) in [6.45, 7) is 0. The van der Waals surface area contributed by atoms with Crippen molar-refractivity contribution in [3.05, 3.63) is 0 Å². The van der Waals surface area contributed by atoms with Crippen molar-refractivity contribution in [1.82, 2.24) is 0 Å². The molecule has 0 unspecified atom stereocenters. The van der Waals surface area contributed by atoms with Crippen molar-refractivity contribution < 1.29 is 4.79 Å². The lowest BCUT2D eigenvalue weighted by atomic mass is 10.4. The monoisotopic (exact) mass is 129 g/mol. The second-order valence-electron chi connectivity index (χ2n) is 1.88. The second kappa shape index (κ2) is 1.75. The van der Waals surface area contributed by atoms with E-state index in [2.05, 4.69) is 0 Å². The molecule has 0 N–H and O–H groups in total. The van der Waals surface area contributed by atoms with E-state index in [0.29, 0.717) is 6.42 Å². The summed E-state index contributed by atoms with van der Waals surface area (Å²) in [6.07, 6.45) is 0.666. The fourth-order valence-electron chi connectivity index (χ4n) is 0.589. The summed E-state index contributed by atoms with van der Waals surface area (Å²) in [5.41, 5.74) is 0. The molecule has 0 saturated heterocycles. The Labute approximate surface area is 52.1 Å². The zero-order chi connectivity index (χ0) is 6.15. The van der Waals surface area contributed by atoms with E-state index in [1.54, 1.807) is 0 Å². The highest BCUT2D eigenvalue weighted by atomic mass is 35.5. The lowest BCUT2D eigenvalue weighted by Gasteiger charge is -1.76. The van der Waals surface area contributed by atoms with Crippen LogP contribution >= 0.6 is 11.6 Å². The normalized spacial score (nSPS) is 33.5. The average molecular weight is 130 g/mol. The topological polar surface area (TPSA) is 40.9 Å². The number of rotatable bonds is 1. The number of carbonyl (C=O) groups excluding carboxylic acids is 1. The highest BCUT2D eigenvalue weighted by molar-refractivity contribution is 6.64. The third kappa shape index (κ3) is 0.823. The first-order valence-electron chi connectivity index (χ1n) is 2.34. The van der Waals surface area contributed by atoms with E-state index in [-0.39, 0.29) is 17.1 Å². The molecule has 0 aromatic heterocycles. The molecule has 1 aliphatic carbocycles. The van der Waals surface area contributed by atoms with Crippen LogP contribution in [0.2, 0.25) is 0 Å². The number of nitriles is 1. The van der Waals surface area contributed by atoms with E-state index < -0.39 is 0 Å². The van der Waals surface area contributed by atoms with Crippen molar-refractivity contribution in [2.75, 3.05) is 0 Å². The molecule has 0 aromatic rings. The number of hydrogen-bond donors (Lipinski definition) is 0. The standard InChI is InChI=1S/C5H4ClNO/c6-5(8)4-1-3(4)2-7/h3-4H,1H2/t3-,4+/m0/s1. The van der Waals surface area contributed by atoms with Crippen molar-refractivity contribution in [2.45, 2.75) is 6.42 Å². The summed E-state index contributed by atoms with van der Waals surface area (Å²) in [5.74, 6) is -0.235. The van der Waals surface area contributed by atoms with Crippen LogP contribution in [0.4, 0.5) is 0 Å². The van der Waals surface area contributed by atoms with Gasteiger partial charge in [0.15, 0.2) is 0 Å². The fourth-order valence-corrected chi connectivity index (χ4v) is 0.830. The molecule has 0 spiro atoms. The van der Waals surface area contributed by atoms with Crippen molar-refractivity contribution in [1.29, 1.82) is 5.26 Å². The van der Waals surface area contributed by atoms with Crippen LogP contribution in [0.15, 0.2) is 0 Å². The smallest absolute Gasteiger partial charge is 0.226 e. The van der Waals surface area contributed by atoms with Crippen molar-refractivity contribution in [2.24, 2.45) is 11.8 Å². The van der Waals surface area contributed by atoms with E-state index in [4.69, 9.17) is 16.9 Å². The number of hydrogen-bond acceptors (Lipinski definition) is 2. The summed E-state index contributed by atoms with van der Waals surface area (Å²) in [7, 11) is 0. The molecule has 0 aromatic carbocycles. The first-order chi connectivity index (χ1) is 3.75. The Kier molecular flexibility index (Phi) is 1.22. The molecule has 2 atom stereocenters. The minimum Gasteiger partial charge on any atom is -0.281 e. The molecule has 3 heteroatoms. The van der Waals surface area contributed by atoms with Gasteiger partial charge in [-0.25, -0.2) is 0 Å². The maximum absolute atomic E-state index is 10.2. The molecular formula is C5H4ClNO. The van der Waals surface area contributed by atoms with Gasteiger partial charge in [-0.2, -0.15) is 5.26 Å². The highest BCUT2D eigenvalue weighted by Crippen LogP contribution is 2.39. The Morgan fingerprint density at radius 2 is 2.50 bits per heavy atom. The lowest BCUT2D eigenvalue weighted by Crippen LogP contribution is -1.88. The summed E-state index contributed by atoms with van der Waals surface area (Å²) < 4.78 is 0. The van der Waals surface area contributed by atoms with Gasteiger partial charge in [-0.3, -0.25) is 4.79 Å². The zero-order valence-electron chi connectivity index (χ0n) is 4.10. The highest BCUT2D eigenvalue weighted by Gasteiger charge is 2.42. The van der Waals surface area contributed by atoms with E-state index in [1.807, 2.05) is 6.07 Å². The first-order valence-corrected chi connectivity index (χ1v) is 2.72. The SMILES string of the molecule is N#C[C@@H]1C[C@H]1C(=O)Cl. The molecule has 1 rings (SSSR count). The minimum absolute atomic E-state index is 0.0833. The van der Waals surface area contributed by atoms with Crippen LogP contribution in [0.3, 0.4) is 0 Å². The van der Waals surface area contributed by atoms with Crippen LogP contribution in [0.5, 0.6) is 0 Å². The van der Waals surface area contributed by atoms with Gasteiger partial charge >= 0.3 is 0 Å². The Morgan fingerprint density at radius 3 is 2.62 bits per heavy atom. The molecule has 42 valence electrons. The number of nitrogens with zero attached hydrogens (tertiary/aromatic N) is 1. The molecule has 2 nitrogen and oxygen atoms in total. The van der Waals surface area contributed by atoms with Crippen molar-refractivity contribution >= 4 is 16.8 Å². The number of carbonyl (C=O) groups is 1. The maximum Gasteiger partial charge on any atom is 0.226 e. The summed E-state index contributed by atoms with van der Waals surface area (Å²) in [4.78, 5) is 10.2. The van der Waals surface area contributed by atoms with Crippen molar-refractivity contribution in [3.63, 3.8) is 0 Å². The van der Waals surface area contributed by atoms with Crippen molar-refractivity contribution in [3.8, 4) is 6.07 Å². The lowest BCUT2D eigenvalue weighted by molar-refractivity contribution is -0.112. The average Bonchev–Trinajstić information content (AvgIpc) is 2.42. The third-order valence-corrected chi connectivity index (χ3v) is 1.53. The molecule has 1 saturated carbocycles.